The number of amidine groups is 1. The van der Waals surface area contributed by atoms with Crippen molar-refractivity contribution in [3.05, 3.63) is 80.2 Å². The number of carbonyl (C=O) groups is 1. The monoisotopic (exact) mass is 421 g/mol. The molecular formula is C18H15Cl2N4O2S+. The van der Waals surface area contributed by atoms with Crippen molar-refractivity contribution in [3.8, 4) is 5.75 Å². The van der Waals surface area contributed by atoms with Crippen molar-refractivity contribution < 1.29 is 14.5 Å². The van der Waals surface area contributed by atoms with E-state index in [2.05, 4.69) is 15.5 Å². The summed E-state index contributed by atoms with van der Waals surface area (Å²) in [7, 11) is 0. The van der Waals surface area contributed by atoms with Crippen molar-refractivity contribution in [2.75, 3.05) is 0 Å². The number of aromatic nitrogens is 1. The first-order valence-corrected chi connectivity index (χ1v) is 9.43. The SMILES string of the molecule is NC(=NNC(=O)c1sccc1OCc1ccc(Cl)cc1Cl)c1cccc[nH+]1. The maximum atomic E-state index is 12.4. The van der Waals surface area contributed by atoms with E-state index in [1.54, 1.807) is 41.9 Å². The van der Waals surface area contributed by atoms with Crippen LogP contribution in [-0.2, 0) is 6.61 Å². The van der Waals surface area contributed by atoms with Gasteiger partial charge in [0.05, 0.1) is 0 Å². The summed E-state index contributed by atoms with van der Waals surface area (Å²) in [5.41, 5.74) is 9.64. The molecule has 0 unspecified atom stereocenters. The molecule has 3 aromatic rings. The number of rotatable bonds is 6. The van der Waals surface area contributed by atoms with E-state index in [1.165, 1.54) is 11.3 Å². The number of nitrogens with zero attached hydrogens (tertiary/aromatic N) is 1. The van der Waals surface area contributed by atoms with Gasteiger partial charge in [0.2, 0.25) is 11.5 Å². The fourth-order valence-corrected chi connectivity index (χ4v) is 3.33. The third kappa shape index (κ3) is 4.97. The number of hydrazone groups is 1. The zero-order chi connectivity index (χ0) is 19.2. The highest BCUT2D eigenvalue weighted by atomic mass is 35.5. The van der Waals surface area contributed by atoms with Crippen LogP contribution in [0.15, 0.2) is 59.1 Å². The molecule has 2 heterocycles. The van der Waals surface area contributed by atoms with Crippen LogP contribution in [0, 0.1) is 0 Å². The smallest absolute Gasteiger partial charge is 0.285 e. The van der Waals surface area contributed by atoms with Crippen LogP contribution in [0.2, 0.25) is 10.0 Å². The van der Waals surface area contributed by atoms with Crippen LogP contribution >= 0.6 is 34.5 Å². The highest BCUT2D eigenvalue weighted by Gasteiger charge is 2.16. The number of ether oxygens (including phenoxy) is 1. The first-order valence-electron chi connectivity index (χ1n) is 7.79. The van der Waals surface area contributed by atoms with Crippen LogP contribution in [0.3, 0.4) is 0 Å². The molecule has 0 saturated heterocycles. The minimum atomic E-state index is -0.416. The normalized spacial score (nSPS) is 11.3. The van der Waals surface area contributed by atoms with E-state index >= 15 is 0 Å². The Morgan fingerprint density at radius 3 is 2.85 bits per heavy atom. The van der Waals surface area contributed by atoms with E-state index in [4.69, 9.17) is 33.7 Å². The third-order valence-electron chi connectivity index (χ3n) is 3.50. The molecule has 0 aliphatic heterocycles. The van der Waals surface area contributed by atoms with Crippen LogP contribution in [-0.4, -0.2) is 11.7 Å². The van der Waals surface area contributed by atoms with Gasteiger partial charge in [0, 0.05) is 27.7 Å². The summed E-state index contributed by atoms with van der Waals surface area (Å²) in [4.78, 5) is 15.7. The Bertz CT molecular complexity index is 977. The van der Waals surface area contributed by atoms with E-state index in [0.29, 0.717) is 26.4 Å². The molecule has 9 heteroatoms. The lowest BCUT2D eigenvalue weighted by Crippen LogP contribution is -2.28. The molecule has 0 bridgehead atoms. The molecule has 6 nitrogen and oxygen atoms in total. The van der Waals surface area contributed by atoms with E-state index in [9.17, 15) is 4.79 Å². The Kier molecular flexibility index (Phi) is 6.28. The average molecular weight is 422 g/mol. The summed E-state index contributed by atoms with van der Waals surface area (Å²) in [6.45, 7) is 0.206. The quantitative estimate of drug-likeness (QED) is 0.362. The Morgan fingerprint density at radius 2 is 2.11 bits per heavy atom. The van der Waals surface area contributed by atoms with Crippen molar-refractivity contribution in [2.45, 2.75) is 6.61 Å². The standard InChI is InChI=1S/C18H14Cl2N4O2S/c19-12-5-4-11(13(20)9-12)10-26-15-6-8-27-16(15)18(25)24-23-17(21)14-3-1-2-7-22-14/h1-9H,10H2,(H2,21,23)(H,24,25)/p+1. The lowest BCUT2D eigenvalue weighted by molar-refractivity contribution is -0.380. The average Bonchev–Trinajstić information content (AvgIpc) is 3.14. The first-order chi connectivity index (χ1) is 13.0. The van der Waals surface area contributed by atoms with Gasteiger partial charge in [-0.2, -0.15) is 0 Å². The van der Waals surface area contributed by atoms with Gasteiger partial charge in [-0.05, 0) is 29.6 Å². The zero-order valence-electron chi connectivity index (χ0n) is 13.9. The minimum Gasteiger partial charge on any atom is -0.487 e. The number of H-pyrrole nitrogens is 1. The van der Waals surface area contributed by atoms with Crippen LogP contribution in [0.4, 0.5) is 0 Å². The molecule has 0 aliphatic rings. The van der Waals surface area contributed by atoms with Crippen LogP contribution in [0.5, 0.6) is 5.75 Å². The fourth-order valence-electron chi connectivity index (χ4n) is 2.15. The predicted molar refractivity (Wildman–Crippen MR) is 106 cm³/mol. The molecule has 1 amide bonds. The summed E-state index contributed by atoms with van der Waals surface area (Å²) in [5, 5.41) is 6.72. The van der Waals surface area contributed by atoms with E-state index < -0.39 is 5.91 Å². The lowest BCUT2D eigenvalue weighted by Gasteiger charge is -2.08. The molecular weight excluding hydrogens is 407 g/mol. The van der Waals surface area contributed by atoms with Gasteiger partial charge >= 0.3 is 0 Å². The molecule has 4 N–H and O–H groups in total. The maximum absolute atomic E-state index is 12.4. The number of nitrogens with two attached hydrogens (primary N) is 1. The molecule has 0 aliphatic carbocycles. The van der Waals surface area contributed by atoms with Gasteiger partial charge in [0.1, 0.15) is 17.2 Å². The van der Waals surface area contributed by atoms with Crippen molar-refractivity contribution in [3.63, 3.8) is 0 Å². The first kappa shape index (κ1) is 19.2. The fraction of sp³-hybridized carbons (Fsp3) is 0.0556. The van der Waals surface area contributed by atoms with Gasteiger partial charge in [0.15, 0.2) is 6.20 Å². The number of aromatic amines is 1. The van der Waals surface area contributed by atoms with Gasteiger partial charge in [-0.3, -0.25) is 4.79 Å². The second kappa shape index (κ2) is 8.85. The number of halogens is 2. The van der Waals surface area contributed by atoms with Crippen molar-refractivity contribution in [1.29, 1.82) is 0 Å². The molecule has 0 radical (unpaired) electrons. The Labute approximate surface area is 169 Å². The van der Waals surface area contributed by atoms with Crippen molar-refractivity contribution in [1.82, 2.24) is 5.43 Å². The summed E-state index contributed by atoms with van der Waals surface area (Å²) < 4.78 is 5.73. The van der Waals surface area contributed by atoms with E-state index in [0.717, 1.165) is 5.56 Å². The molecule has 0 atom stereocenters. The molecule has 2 aromatic heterocycles. The van der Waals surface area contributed by atoms with Gasteiger partial charge < -0.3 is 10.5 Å². The van der Waals surface area contributed by atoms with E-state index in [-0.39, 0.29) is 12.4 Å². The number of benzene rings is 1. The number of carbonyl (C=O) groups excluding carboxylic acids is 1. The van der Waals surface area contributed by atoms with Gasteiger partial charge in [-0.1, -0.05) is 29.3 Å². The summed E-state index contributed by atoms with van der Waals surface area (Å²) in [5.74, 6) is 0.181. The molecule has 3 rings (SSSR count). The highest BCUT2D eigenvalue weighted by molar-refractivity contribution is 7.12. The second-order valence-corrected chi connectivity index (χ2v) is 7.11. The summed E-state index contributed by atoms with van der Waals surface area (Å²) in [6, 6.07) is 12.2. The highest BCUT2D eigenvalue weighted by Crippen LogP contribution is 2.27. The molecule has 27 heavy (non-hydrogen) atoms. The number of hydrogen-bond acceptors (Lipinski definition) is 4. The predicted octanol–water partition coefficient (Wildman–Crippen LogP) is 3.50. The molecule has 0 fully saturated rings. The van der Waals surface area contributed by atoms with Crippen LogP contribution in [0.25, 0.3) is 0 Å². The molecule has 0 saturated carbocycles. The van der Waals surface area contributed by atoms with Crippen LogP contribution in [0.1, 0.15) is 20.9 Å². The van der Waals surface area contributed by atoms with Gasteiger partial charge in [-0.25, -0.2) is 10.4 Å². The molecule has 0 spiro atoms. The lowest BCUT2D eigenvalue weighted by atomic mass is 10.2. The summed E-state index contributed by atoms with van der Waals surface area (Å²) >= 11 is 13.3. The van der Waals surface area contributed by atoms with Gasteiger partial charge in [0.25, 0.3) is 5.91 Å². The Morgan fingerprint density at radius 1 is 1.26 bits per heavy atom. The Hall–Kier alpha value is -2.61. The Balaban J connectivity index is 1.66. The number of amides is 1. The number of hydrogen-bond donors (Lipinski definition) is 2. The maximum Gasteiger partial charge on any atom is 0.285 e. The van der Waals surface area contributed by atoms with Crippen molar-refractivity contribution in [2.24, 2.45) is 10.8 Å². The minimum absolute atomic E-state index is 0.163. The van der Waals surface area contributed by atoms with E-state index in [1.807, 2.05) is 12.1 Å². The largest absolute Gasteiger partial charge is 0.487 e. The van der Waals surface area contributed by atoms with Gasteiger partial charge in [-0.15, -0.1) is 16.4 Å². The number of thiophene rings is 1. The summed E-state index contributed by atoms with van der Waals surface area (Å²) in [6.07, 6.45) is 1.71. The molecule has 1 aromatic carbocycles. The number of nitrogens with one attached hydrogen (secondary N) is 2. The third-order valence-corrected chi connectivity index (χ3v) is 4.98. The second-order valence-electron chi connectivity index (χ2n) is 5.35. The molecule has 138 valence electrons. The topological polar surface area (TPSA) is 90.8 Å². The number of pyridine rings is 1. The zero-order valence-corrected chi connectivity index (χ0v) is 16.2. The van der Waals surface area contributed by atoms with Crippen LogP contribution < -0.4 is 20.9 Å². The van der Waals surface area contributed by atoms with Crippen molar-refractivity contribution >= 4 is 46.3 Å².